The number of carbonyl (C=O) groups is 1. The summed E-state index contributed by atoms with van der Waals surface area (Å²) in [4.78, 5) is 14.6. The Bertz CT molecular complexity index is 1450. The average molecular weight is 502 g/mol. The number of ether oxygens (including phenoxy) is 1. The van der Waals surface area contributed by atoms with Crippen molar-refractivity contribution in [1.29, 1.82) is 0 Å². The Labute approximate surface area is 213 Å². The van der Waals surface area contributed by atoms with Gasteiger partial charge in [-0.05, 0) is 49.2 Å². The van der Waals surface area contributed by atoms with Crippen molar-refractivity contribution in [3.63, 3.8) is 0 Å². The Kier molecular flexibility index (Phi) is 7.16. The van der Waals surface area contributed by atoms with E-state index < -0.39 is 0 Å². The monoisotopic (exact) mass is 501 g/mol. The quantitative estimate of drug-likeness (QED) is 0.261. The molecule has 0 atom stereocenters. The minimum atomic E-state index is -0.227. The Morgan fingerprint density at radius 1 is 1.14 bits per heavy atom. The number of nitrogens with one attached hydrogen (secondary N) is 1. The van der Waals surface area contributed by atoms with Crippen LogP contribution in [0, 0.1) is 6.92 Å². The van der Waals surface area contributed by atoms with E-state index in [4.69, 9.17) is 13.7 Å². The summed E-state index contributed by atoms with van der Waals surface area (Å²) < 4.78 is 17.6. The molecule has 0 bridgehead atoms. The summed E-state index contributed by atoms with van der Waals surface area (Å²) in [7, 11) is 2.05. The number of aryl methyl sites for hydroxylation is 1. The fourth-order valence-corrected chi connectivity index (χ4v) is 5.10. The summed E-state index contributed by atoms with van der Waals surface area (Å²) in [5.74, 6) is 1.06. The van der Waals surface area contributed by atoms with Crippen molar-refractivity contribution in [2.24, 2.45) is 0 Å². The zero-order valence-electron chi connectivity index (χ0n) is 20.2. The SMILES string of the molecule is Cc1cc(CNC(=O)COc2ccc(-c3csc4ccccc34)cc2CN(C)Cc2ccoc2)on1. The third-order valence-corrected chi connectivity index (χ3v) is 6.78. The summed E-state index contributed by atoms with van der Waals surface area (Å²) in [5.41, 5.74) is 5.20. The van der Waals surface area contributed by atoms with Gasteiger partial charge in [0, 0.05) is 45.9 Å². The van der Waals surface area contributed by atoms with E-state index in [1.54, 1.807) is 29.9 Å². The van der Waals surface area contributed by atoms with E-state index in [2.05, 4.69) is 64.2 Å². The lowest BCUT2D eigenvalue weighted by atomic mass is 10.0. The third-order valence-electron chi connectivity index (χ3n) is 5.82. The molecular weight excluding hydrogens is 474 g/mol. The average Bonchev–Trinajstić information content (AvgIpc) is 3.63. The fourth-order valence-electron chi connectivity index (χ4n) is 4.13. The van der Waals surface area contributed by atoms with E-state index in [0.717, 1.165) is 28.9 Å². The fraction of sp³-hybridized carbons (Fsp3) is 0.214. The van der Waals surface area contributed by atoms with E-state index in [9.17, 15) is 4.79 Å². The third kappa shape index (κ3) is 5.67. The van der Waals surface area contributed by atoms with Crippen LogP contribution in [0.1, 0.15) is 22.6 Å². The van der Waals surface area contributed by atoms with Crippen LogP contribution in [-0.4, -0.2) is 29.6 Å². The van der Waals surface area contributed by atoms with Gasteiger partial charge in [0.05, 0.1) is 24.8 Å². The lowest BCUT2D eigenvalue weighted by Crippen LogP contribution is -2.28. The molecule has 1 N–H and O–H groups in total. The number of benzene rings is 2. The van der Waals surface area contributed by atoms with Crippen LogP contribution < -0.4 is 10.1 Å². The number of hydrogen-bond acceptors (Lipinski definition) is 7. The first-order chi connectivity index (χ1) is 17.5. The predicted molar refractivity (Wildman–Crippen MR) is 140 cm³/mol. The number of aromatic nitrogens is 1. The maximum Gasteiger partial charge on any atom is 0.258 e. The van der Waals surface area contributed by atoms with Gasteiger partial charge in [-0.25, -0.2) is 0 Å². The zero-order chi connectivity index (χ0) is 24.9. The second-order valence-electron chi connectivity index (χ2n) is 8.77. The van der Waals surface area contributed by atoms with Gasteiger partial charge in [-0.3, -0.25) is 9.69 Å². The van der Waals surface area contributed by atoms with E-state index in [-0.39, 0.29) is 19.1 Å². The van der Waals surface area contributed by atoms with Crippen LogP contribution in [0.4, 0.5) is 0 Å². The summed E-state index contributed by atoms with van der Waals surface area (Å²) >= 11 is 1.74. The molecule has 0 aliphatic carbocycles. The van der Waals surface area contributed by atoms with Crippen LogP contribution >= 0.6 is 11.3 Å². The molecule has 0 spiro atoms. The molecule has 0 aliphatic heterocycles. The van der Waals surface area contributed by atoms with Gasteiger partial charge in [0.15, 0.2) is 12.4 Å². The number of carbonyl (C=O) groups excluding carboxylic acids is 1. The topological polar surface area (TPSA) is 80.7 Å². The number of fused-ring (bicyclic) bond motifs is 1. The van der Waals surface area contributed by atoms with Crippen LogP contribution in [0.2, 0.25) is 0 Å². The standard InChI is InChI=1S/C28H27N3O4S/c1-19-11-23(35-30-19)13-29-28(32)17-34-26-8-7-21(25-18-36-27-6-4-3-5-24(25)27)12-22(26)15-31(2)14-20-9-10-33-16-20/h3-12,16,18H,13-15,17H2,1-2H3,(H,29,32). The molecule has 7 nitrogen and oxygen atoms in total. The molecule has 0 saturated carbocycles. The Morgan fingerprint density at radius 3 is 2.83 bits per heavy atom. The molecule has 0 fully saturated rings. The van der Waals surface area contributed by atoms with Crippen molar-refractivity contribution in [1.82, 2.24) is 15.4 Å². The maximum atomic E-state index is 12.4. The van der Waals surface area contributed by atoms with Crippen molar-refractivity contribution < 1.29 is 18.5 Å². The molecule has 36 heavy (non-hydrogen) atoms. The van der Waals surface area contributed by atoms with Crippen molar-refractivity contribution in [3.8, 4) is 16.9 Å². The molecule has 0 radical (unpaired) electrons. The molecule has 5 rings (SSSR count). The molecule has 0 unspecified atom stereocenters. The van der Waals surface area contributed by atoms with Gasteiger partial charge in [0.25, 0.3) is 5.91 Å². The maximum absolute atomic E-state index is 12.4. The second-order valence-corrected chi connectivity index (χ2v) is 9.68. The van der Waals surface area contributed by atoms with Gasteiger partial charge in [0.2, 0.25) is 0 Å². The highest BCUT2D eigenvalue weighted by Gasteiger charge is 2.14. The van der Waals surface area contributed by atoms with Gasteiger partial charge in [-0.1, -0.05) is 29.4 Å². The lowest BCUT2D eigenvalue weighted by molar-refractivity contribution is -0.123. The molecule has 184 valence electrons. The number of hydrogen-bond donors (Lipinski definition) is 1. The van der Waals surface area contributed by atoms with Gasteiger partial charge < -0.3 is 19.0 Å². The molecule has 0 saturated heterocycles. The Hall–Kier alpha value is -3.88. The molecule has 5 aromatic rings. The van der Waals surface area contributed by atoms with Crippen molar-refractivity contribution >= 4 is 27.3 Å². The van der Waals surface area contributed by atoms with Crippen molar-refractivity contribution in [2.45, 2.75) is 26.6 Å². The van der Waals surface area contributed by atoms with Gasteiger partial charge in [0.1, 0.15) is 5.75 Å². The highest BCUT2D eigenvalue weighted by molar-refractivity contribution is 7.17. The summed E-state index contributed by atoms with van der Waals surface area (Å²) in [6.07, 6.45) is 3.43. The highest BCUT2D eigenvalue weighted by atomic mass is 32.1. The molecule has 3 heterocycles. The van der Waals surface area contributed by atoms with E-state index in [1.165, 1.54) is 15.6 Å². The lowest BCUT2D eigenvalue weighted by Gasteiger charge is -2.19. The zero-order valence-corrected chi connectivity index (χ0v) is 21.0. The normalized spacial score (nSPS) is 11.3. The van der Waals surface area contributed by atoms with Gasteiger partial charge in [-0.2, -0.15) is 0 Å². The first-order valence-corrected chi connectivity index (χ1v) is 12.5. The molecule has 8 heteroatoms. The first kappa shape index (κ1) is 23.8. The first-order valence-electron chi connectivity index (χ1n) is 11.7. The minimum absolute atomic E-state index is 0.0910. The number of rotatable bonds is 10. The predicted octanol–water partition coefficient (Wildman–Crippen LogP) is 5.78. The van der Waals surface area contributed by atoms with E-state index in [1.807, 2.05) is 19.1 Å². The van der Waals surface area contributed by atoms with Crippen LogP contribution in [0.25, 0.3) is 21.2 Å². The molecule has 2 aromatic carbocycles. The van der Waals surface area contributed by atoms with Crippen LogP contribution in [0.3, 0.4) is 0 Å². The number of amides is 1. The Morgan fingerprint density at radius 2 is 2.03 bits per heavy atom. The highest BCUT2D eigenvalue weighted by Crippen LogP contribution is 2.36. The summed E-state index contributed by atoms with van der Waals surface area (Å²) in [6, 6.07) is 18.3. The summed E-state index contributed by atoms with van der Waals surface area (Å²) in [5, 5.41) is 10.1. The van der Waals surface area contributed by atoms with Crippen molar-refractivity contribution in [2.75, 3.05) is 13.7 Å². The molecule has 0 aliphatic rings. The van der Waals surface area contributed by atoms with Crippen molar-refractivity contribution in [3.05, 3.63) is 95.1 Å². The van der Waals surface area contributed by atoms with Gasteiger partial charge >= 0.3 is 0 Å². The van der Waals surface area contributed by atoms with E-state index in [0.29, 0.717) is 18.1 Å². The smallest absolute Gasteiger partial charge is 0.258 e. The molecule has 3 aromatic heterocycles. The van der Waals surface area contributed by atoms with E-state index >= 15 is 0 Å². The largest absolute Gasteiger partial charge is 0.483 e. The van der Waals surface area contributed by atoms with Crippen LogP contribution in [-0.2, 0) is 24.4 Å². The number of furan rings is 1. The number of nitrogens with zero attached hydrogens (tertiary/aromatic N) is 2. The van der Waals surface area contributed by atoms with Gasteiger partial charge in [-0.15, -0.1) is 11.3 Å². The van der Waals surface area contributed by atoms with Crippen LogP contribution in [0.5, 0.6) is 5.75 Å². The minimum Gasteiger partial charge on any atom is -0.483 e. The summed E-state index contributed by atoms with van der Waals surface area (Å²) in [6.45, 7) is 3.40. The molecular formula is C28H27N3O4S. The Balaban J connectivity index is 1.33. The molecule has 1 amide bonds. The second kappa shape index (κ2) is 10.8. The number of thiophene rings is 1. The van der Waals surface area contributed by atoms with Crippen LogP contribution in [0.15, 0.2) is 81.4 Å².